The van der Waals surface area contributed by atoms with Crippen LogP contribution in [0.3, 0.4) is 0 Å². The molecule has 32 heavy (non-hydrogen) atoms. The van der Waals surface area contributed by atoms with Gasteiger partial charge in [-0.05, 0) is 31.9 Å². The highest BCUT2D eigenvalue weighted by atomic mass is 16.5. The van der Waals surface area contributed by atoms with Crippen molar-refractivity contribution >= 4 is 17.9 Å². The van der Waals surface area contributed by atoms with Crippen LogP contribution in [0.15, 0.2) is 23.2 Å². The van der Waals surface area contributed by atoms with Gasteiger partial charge in [-0.25, -0.2) is 9.79 Å². The summed E-state index contributed by atoms with van der Waals surface area (Å²) >= 11 is 0. The third-order valence-corrected chi connectivity index (χ3v) is 6.57. The molecule has 0 spiro atoms. The van der Waals surface area contributed by atoms with E-state index in [1.807, 2.05) is 11.8 Å². The van der Waals surface area contributed by atoms with Gasteiger partial charge < -0.3 is 19.4 Å². The van der Waals surface area contributed by atoms with E-state index in [4.69, 9.17) is 9.73 Å². The molecule has 3 heterocycles. The lowest BCUT2D eigenvalue weighted by Gasteiger charge is -2.40. The molecular formula is C23H34N6O3. The first-order valence-corrected chi connectivity index (χ1v) is 11.4. The number of hydrogen-bond acceptors (Lipinski definition) is 7. The van der Waals surface area contributed by atoms with E-state index >= 15 is 0 Å². The highest BCUT2D eigenvalue weighted by Crippen LogP contribution is 2.26. The number of guanidine groups is 1. The Labute approximate surface area is 190 Å². The molecule has 1 aromatic rings. The van der Waals surface area contributed by atoms with Crippen LogP contribution in [0.1, 0.15) is 23.6 Å². The van der Waals surface area contributed by atoms with Gasteiger partial charge >= 0.3 is 6.03 Å². The number of fused-ring (bicyclic) bond motifs is 1. The molecule has 2 fully saturated rings. The molecule has 174 valence electrons. The van der Waals surface area contributed by atoms with Gasteiger partial charge in [0.2, 0.25) is 0 Å². The number of aryl methyl sites for hydroxylation is 2. The number of carbonyl (C=O) groups excluding carboxylic acids is 2. The summed E-state index contributed by atoms with van der Waals surface area (Å²) in [4.78, 5) is 37.9. The zero-order valence-corrected chi connectivity index (χ0v) is 19.5. The van der Waals surface area contributed by atoms with Gasteiger partial charge in [0.05, 0.1) is 6.61 Å². The molecule has 3 aliphatic heterocycles. The number of imide groups is 1. The summed E-state index contributed by atoms with van der Waals surface area (Å²) in [6.45, 7) is 12.4. The normalized spacial score (nSPS) is 24.0. The molecule has 3 aliphatic rings. The number of rotatable bonds is 6. The van der Waals surface area contributed by atoms with Crippen LogP contribution in [-0.2, 0) is 16.1 Å². The minimum Gasteiger partial charge on any atom is -0.380 e. The summed E-state index contributed by atoms with van der Waals surface area (Å²) in [5.41, 5.74) is 3.98. The molecule has 0 radical (unpaired) electrons. The number of carbonyl (C=O) groups is 2. The Morgan fingerprint density at radius 1 is 1.16 bits per heavy atom. The first-order valence-electron chi connectivity index (χ1n) is 11.4. The lowest BCUT2D eigenvalue weighted by molar-refractivity contribution is -0.127. The van der Waals surface area contributed by atoms with E-state index < -0.39 is 18.2 Å². The summed E-state index contributed by atoms with van der Waals surface area (Å²) in [6.07, 6.45) is -0.499. The number of ether oxygens (including phenoxy) is 1. The number of urea groups is 1. The second kappa shape index (κ2) is 9.46. The molecule has 3 amide bonds. The molecule has 1 aromatic carbocycles. The monoisotopic (exact) mass is 442 g/mol. The average molecular weight is 443 g/mol. The third-order valence-electron chi connectivity index (χ3n) is 6.57. The van der Waals surface area contributed by atoms with Crippen LogP contribution in [0, 0.1) is 13.8 Å². The van der Waals surface area contributed by atoms with E-state index in [0.29, 0.717) is 19.8 Å². The SMILES string of the molecule is CCOCCN1C(N2CCN(Cc3cc(C)ccc3C)CC2)=NC2C1C(=O)NC(=O)N2C. The Hall–Kier alpha value is -2.65. The maximum absolute atomic E-state index is 12.7. The average Bonchev–Trinajstić information content (AvgIpc) is 3.16. The molecule has 4 rings (SSSR count). The maximum atomic E-state index is 12.7. The lowest BCUT2D eigenvalue weighted by Crippen LogP contribution is -2.65. The predicted octanol–water partition coefficient (Wildman–Crippen LogP) is 1.01. The number of benzene rings is 1. The van der Waals surface area contributed by atoms with Crippen LogP contribution < -0.4 is 5.32 Å². The first-order chi connectivity index (χ1) is 15.4. The van der Waals surface area contributed by atoms with E-state index in [1.165, 1.54) is 21.6 Å². The zero-order chi connectivity index (χ0) is 22.8. The topological polar surface area (TPSA) is 80.7 Å². The van der Waals surface area contributed by atoms with Gasteiger partial charge in [-0.2, -0.15) is 0 Å². The van der Waals surface area contributed by atoms with Gasteiger partial charge in [0.15, 0.2) is 18.2 Å². The smallest absolute Gasteiger partial charge is 0.325 e. The fraction of sp³-hybridized carbons (Fsp3) is 0.609. The number of nitrogens with zero attached hydrogens (tertiary/aromatic N) is 5. The Kier molecular flexibility index (Phi) is 6.66. The molecule has 2 atom stereocenters. The van der Waals surface area contributed by atoms with E-state index in [1.54, 1.807) is 7.05 Å². The van der Waals surface area contributed by atoms with Crippen LogP contribution >= 0.6 is 0 Å². The Bertz CT molecular complexity index is 896. The summed E-state index contributed by atoms with van der Waals surface area (Å²) < 4.78 is 5.56. The molecule has 0 saturated carbocycles. The van der Waals surface area contributed by atoms with Gasteiger partial charge in [0.1, 0.15) is 0 Å². The van der Waals surface area contributed by atoms with Crippen molar-refractivity contribution in [3.05, 3.63) is 34.9 Å². The van der Waals surface area contributed by atoms with Gasteiger partial charge in [-0.1, -0.05) is 23.8 Å². The van der Waals surface area contributed by atoms with Crippen LogP contribution in [0.4, 0.5) is 4.79 Å². The minimum atomic E-state index is -0.513. The van der Waals surface area contributed by atoms with Gasteiger partial charge in [0.25, 0.3) is 5.91 Å². The van der Waals surface area contributed by atoms with Crippen molar-refractivity contribution < 1.29 is 14.3 Å². The van der Waals surface area contributed by atoms with Crippen molar-refractivity contribution in [2.45, 2.75) is 39.5 Å². The van der Waals surface area contributed by atoms with Crippen molar-refractivity contribution in [2.75, 3.05) is 53.0 Å². The Morgan fingerprint density at radius 3 is 2.62 bits per heavy atom. The standard InChI is InChI=1S/C23H34N6O3/c1-5-32-13-12-29-19-20(26(4)23(31)25-21(19)30)24-22(29)28-10-8-27(9-11-28)15-18-14-16(2)6-7-17(18)3/h6-7,14,19-20H,5,8-13,15H2,1-4H3,(H,25,30,31). The fourth-order valence-electron chi connectivity index (χ4n) is 4.64. The van der Waals surface area contributed by atoms with Crippen molar-refractivity contribution in [3.63, 3.8) is 0 Å². The highest BCUT2D eigenvalue weighted by Gasteiger charge is 2.49. The largest absolute Gasteiger partial charge is 0.380 e. The van der Waals surface area contributed by atoms with E-state index in [0.717, 1.165) is 38.7 Å². The highest BCUT2D eigenvalue weighted by molar-refractivity contribution is 6.03. The molecular weight excluding hydrogens is 408 g/mol. The number of nitrogens with one attached hydrogen (secondary N) is 1. The van der Waals surface area contributed by atoms with Crippen molar-refractivity contribution in [1.82, 2.24) is 24.9 Å². The van der Waals surface area contributed by atoms with E-state index in [-0.39, 0.29) is 5.91 Å². The molecule has 2 saturated heterocycles. The fourth-order valence-corrected chi connectivity index (χ4v) is 4.64. The van der Waals surface area contributed by atoms with Crippen LogP contribution in [0.25, 0.3) is 0 Å². The van der Waals surface area contributed by atoms with Crippen LogP contribution in [0.2, 0.25) is 0 Å². The number of likely N-dealkylation sites (N-methyl/N-ethyl adjacent to an activating group) is 1. The third kappa shape index (κ3) is 4.45. The summed E-state index contributed by atoms with van der Waals surface area (Å²) in [5.74, 6) is 0.504. The first kappa shape index (κ1) is 22.5. The summed E-state index contributed by atoms with van der Waals surface area (Å²) in [5, 5.41) is 2.45. The maximum Gasteiger partial charge on any atom is 0.325 e. The molecule has 0 aliphatic carbocycles. The second-order valence-electron chi connectivity index (χ2n) is 8.78. The number of aliphatic imine (C=N–C) groups is 1. The Balaban J connectivity index is 1.46. The minimum absolute atomic E-state index is 0.290. The van der Waals surface area contributed by atoms with Crippen LogP contribution in [0.5, 0.6) is 0 Å². The van der Waals surface area contributed by atoms with Gasteiger partial charge in [-0.3, -0.25) is 15.0 Å². The van der Waals surface area contributed by atoms with Gasteiger partial charge in [0, 0.05) is 52.9 Å². The Morgan fingerprint density at radius 2 is 1.91 bits per heavy atom. The summed E-state index contributed by atoms with van der Waals surface area (Å²) in [6, 6.07) is 5.71. The molecule has 0 aromatic heterocycles. The predicted molar refractivity (Wildman–Crippen MR) is 122 cm³/mol. The molecule has 0 bridgehead atoms. The summed E-state index contributed by atoms with van der Waals surface area (Å²) in [7, 11) is 1.69. The quantitative estimate of drug-likeness (QED) is 0.663. The number of hydrogen-bond donors (Lipinski definition) is 1. The van der Waals surface area contributed by atoms with Crippen LogP contribution in [-0.4, -0.2) is 103 Å². The zero-order valence-electron chi connectivity index (χ0n) is 19.5. The van der Waals surface area contributed by atoms with Crippen molar-refractivity contribution in [3.8, 4) is 0 Å². The number of piperazine rings is 1. The van der Waals surface area contributed by atoms with Crippen molar-refractivity contribution in [2.24, 2.45) is 4.99 Å². The molecule has 9 heteroatoms. The van der Waals surface area contributed by atoms with E-state index in [9.17, 15) is 9.59 Å². The van der Waals surface area contributed by atoms with Gasteiger partial charge in [-0.15, -0.1) is 0 Å². The van der Waals surface area contributed by atoms with Crippen molar-refractivity contribution in [1.29, 1.82) is 0 Å². The van der Waals surface area contributed by atoms with E-state index in [2.05, 4.69) is 47.2 Å². The second-order valence-corrected chi connectivity index (χ2v) is 8.78. The molecule has 2 unspecified atom stereocenters. The number of amides is 3. The lowest BCUT2D eigenvalue weighted by atomic mass is 10.0. The molecule has 1 N–H and O–H groups in total. The molecule has 9 nitrogen and oxygen atoms in total.